The third-order valence-corrected chi connectivity index (χ3v) is 12.5. The number of aryl methyl sites for hydroxylation is 1. The van der Waals surface area contributed by atoms with Gasteiger partial charge in [0, 0.05) is 78.7 Å². The molecule has 0 unspecified atom stereocenters. The minimum Gasteiger partial charge on any atom is -0.508 e. The summed E-state index contributed by atoms with van der Waals surface area (Å²) in [4.78, 5) is 49.4. The first-order valence-electron chi connectivity index (χ1n) is 20.3. The van der Waals surface area contributed by atoms with Crippen molar-refractivity contribution in [2.24, 2.45) is 0 Å². The first-order valence-corrected chi connectivity index (χ1v) is 21.1. The molecule has 12 nitrogen and oxygen atoms in total. The van der Waals surface area contributed by atoms with Gasteiger partial charge < -0.3 is 24.2 Å². The number of piperazine rings is 1. The number of imide groups is 1. The van der Waals surface area contributed by atoms with E-state index in [1.165, 1.54) is 10.5 Å². The topological polar surface area (TPSA) is 134 Å². The summed E-state index contributed by atoms with van der Waals surface area (Å²) < 4.78 is 19.8. The number of pyridine rings is 1. The highest BCUT2D eigenvalue weighted by molar-refractivity contribution is 7.22. The second-order valence-corrected chi connectivity index (χ2v) is 16.5. The van der Waals surface area contributed by atoms with Crippen molar-refractivity contribution < 1.29 is 33.7 Å². The lowest BCUT2D eigenvalue weighted by molar-refractivity contribution is -0.136. The quantitative estimate of drug-likeness (QED) is 0.114. The van der Waals surface area contributed by atoms with Crippen LogP contribution in [0.1, 0.15) is 45.6 Å². The van der Waals surface area contributed by atoms with E-state index in [-0.39, 0.29) is 30.5 Å². The van der Waals surface area contributed by atoms with Crippen LogP contribution in [0.3, 0.4) is 0 Å². The van der Waals surface area contributed by atoms with Crippen LogP contribution in [-0.4, -0.2) is 87.9 Å². The number of phenolic OH excluding ortho intramolecular Hbond substituents is 1. The standard InChI is InChI=1S/C47H45N5O7S/c1-30-5-8-32(9-6-30)45-44(38-16-11-34(53)25-42(38)60-45)59-36-14-12-35(13-15-36)57-24-23-50-19-21-51(22-20-50)27-33-10-7-31(26-48-33)29-58-41-4-2-3-37-39(41)28-52(47(37)56)40-17-18-43(54)49-46(40)55/h2-16,25-26,40,53H,17-24,27-29H2,1H3,(H,49,54,55)/t40-/m0/s1. The Labute approximate surface area is 351 Å². The minimum atomic E-state index is -0.668. The number of hydrogen-bond donors (Lipinski definition) is 2. The summed E-state index contributed by atoms with van der Waals surface area (Å²) in [6.45, 7) is 8.58. The second kappa shape index (κ2) is 17.1. The van der Waals surface area contributed by atoms with Gasteiger partial charge in [-0.15, -0.1) is 11.3 Å². The van der Waals surface area contributed by atoms with Crippen LogP contribution in [0.4, 0.5) is 0 Å². The molecule has 6 aromatic rings. The normalized spacial score (nSPS) is 17.2. The number of nitrogens with one attached hydrogen (secondary N) is 1. The fourth-order valence-corrected chi connectivity index (χ4v) is 9.13. The van der Waals surface area contributed by atoms with Gasteiger partial charge in [-0.25, -0.2) is 0 Å². The molecule has 1 atom stereocenters. The Bertz CT molecular complexity index is 2530. The van der Waals surface area contributed by atoms with Crippen molar-refractivity contribution in [2.75, 3.05) is 39.3 Å². The molecule has 13 heteroatoms. The zero-order valence-electron chi connectivity index (χ0n) is 33.3. The maximum Gasteiger partial charge on any atom is 0.255 e. The third-order valence-electron chi connectivity index (χ3n) is 11.3. The van der Waals surface area contributed by atoms with Crippen LogP contribution in [0.15, 0.2) is 103 Å². The fraction of sp³-hybridized carbons (Fsp3) is 0.277. The zero-order valence-corrected chi connectivity index (χ0v) is 34.1. The van der Waals surface area contributed by atoms with E-state index >= 15 is 0 Å². The lowest BCUT2D eigenvalue weighted by Gasteiger charge is -2.34. The van der Waals surface area contributed by atoms with Gasteiger partial charge in [-0.1, -0.05) is 42.0 Å². The van der Waals surface area contributed by atoms with E-state index in [0.717, 1.165) is 88.1 Å². The Morgan fingerprint density at radius 1 is 0.867 bits per heavy atom. The Hall–Kier alpha value is -6.28. The first kappa shape index (κ1) is 39.2. The van der Waals surface area contributed by atoms with Crippen molar-refractivity contribution in [2.45, 2.75) is 45.5 Å². The molecule has 3 aliphatic rings. The molecule has 0 aliphatic carbocycles. The van der Waals surface area contributed by atoms with Crippen LogP contribution in [0.2, 0.25) is 0 Å². The largest absolute Gasteiger partial charge is 0.508 e. The van der Waals surface area contributed by atoms with Gasteiger partial charge in [-0.05, 0) is 79.6 Å². The molecule has 2 fully saturated rings. The SMILES string of the molecule is Cc1ccc(-c2sc3cc(O)ccc3c2Oc2ccc(OCCN3CCN(Cc4ccc(COc5cccc6c5CN([C@H]5CCC(=O)NC5=O)C6=O)cn4)CC3)cc2)cc1. The summed E-state index contributed by atoms with van der Waals surface area (Å²) in [5.41, 5.74) is 5.45. The van der Waals surface area contributed by atoms with Crippen molar-refractivity contribution in [1.82, 2.24) is 25.0 Å². The smallest absolute Gasteiger partial charge is 0.255 e. The number of nitrogens with zero attached hydrogens (tertiary/aromatic N) is 4. The third kappa shape index (κ3) is 8.55. The fourth-order valence-electron chi connectivity index (χ4n) is 7.96. The molecule has 306 valence electrons. The molecule has 2 aromatic heterocycles. The molecule has 9 rings (SSSR count). The number of carbonyl (C=O) groups is 3. The molecule has 0 radical (unpaired) electrons. The maximum atomic E-state index is 13.2. The number of phenols is 1. The van der Waals surface area contributed by atoms with E-state index in [0.29, 0.717) is 36.7 Å². The Morgan fingerprint density at radius 2 is 1.65 bits per heavy atom. The number of hydrogen-bond acceptors (Lipinski definition) is 11. The van der Waals surface area contributed by atoms with Crippen molar-refractivity contribution in [1.29, 1.82) is 0 Å². The van der Waals surface area contributed by atoms with E-state index in [1.807, 2.05) is 54.7 Å². The Kier molecular flexibility index (Phi) is 11.2. The van der Waals surface area contributed by atoms with Crippen molar-refractivity contribution in [3.8, 4) is 39.2 Å². The number of thiophene rings is 1. The molecule has 60 heavy (non-hydrogen) atoms. The predicted molar refractivity (Wildman–Crippen MR) is 228 cm³/mol. The van der Waals surface area contributed by atoms with Crippen LogP contribution in [0.5, 0.6) is 28.7 Å². The molecule has 2 N–H and O–H groups in total. The Morgan fingerprint density at radius 3 is 2.42 bits per heavy atom. The van der Waals surface area contributed by atoms with Gasteiger partial charge in [0.05, 0.1) is 17.1 Å². The predicted octanol–water partition coefficient (Wildman–Crippen LogP) is 7.31. The highest BCUT2D eigenvalue weighted by atomic mass is 32.1. The molecule has 0 bridgehead atoms. The summed E-state index contributed by atoms with van der Waals surface area (Å²) in [6.07, 6.45) is 2.37. The van der Waals surface area contributed by atoms with Gasteiger partial charge in [0.2, 0.25) is 11.8 Å². The van der Waals surface area contributed by atoms with E-state index in [9.17, 15) is 19.5 Å². The minimum absolute atomic E-state index is 0.213. The molecule has 3 amide bonds. The number of ether oxygens (including phenoxy) is 3. The van der Waals surface area contributed by atoms with Gasteiger partial charge >= 0.3 is 0 Å². The van der Waals surface area contributed by atoms with E-state index in [1.54, 1.807) is 35.6 Å². The molecule has 5 heterocycles. The maximum absolute atomic E-state index is 13.2. The van der Waals surface area contributed by atoms with Crippen LogP contribution in [-0.2, 0) is 29.3 Å². The molecule has 0 saturated carbocycles. The van der Waals surface area contributed by atoms with Crippen LogP contribution in [0, 0.1) is 6.92 Å². The molecule has 2 saturated heterocycles. The van der Waals surface area contributed by atoms with Crippen LogP contribution < -0.4 is 19.5 Å². The van der Waals surface area contributed by atoms with E-state index < -0.39 is 11.9 Å². The number of piperidine rings is 1. The number of aromatic nitrogens is 1. The average molecular weight is 824 g/mol. The van der Waals surface area contributed by atoms with Gasteiger partial charge in [0.25, 0.3) is 5.91 Å². The Balaban J connectivity index is 0.716. The first-order chi connectivity index (χ1) is 29.2. The van der Waals surface area contributed by atoms with E-state index in [4.69, 9.17) is 19.2 Å². The summed E-state index contributed by atoms with van der Waals surface area (Å²) in [7, 11) is 0. The van der Waals surface area contributed by atoms with Crippen LogP contribution in [0.25, 0.3) is 20.5 Å². The van der Waals surface area contributed by atoms with Gasteiger partial charge in [0.1, 0.15) is 42.3 Å². The number of carbonyl (C=O) groups excluding carboxylic acids is 3. The lowest BCUT2D eigenvalue weighted by Crippen LogP contribution is -2.52. The molecule has 3 aliphatic heterocycles. The van der Waals surface area contributed by atoms with Crippen molar-refractivity contribution >= 4 is 39.1 Å². The highest BCUT2D eigenvalue weighted by Gasteiger charge is 2.40. The summed E-state index contributed by atoms with van der Waals surface area (Å²) in [5.74, 6) is 2.16. The number of benzene rings is 4. The van der Waals surface area contributed by atoms with Crippen LogP contribution >= 0.6 is 11.3 Å². The average Bonchev–Trinajstić information content (AvgIpc) is 3.78. The zero-order chi connectivity index (χ0) is 41.2. The van der Waals surface area contributed by atoms with Crippen molar-refractivity contribution in [3.05, 3.63) is 131 Å². The monoisotopic (exact) mass is 823 g/mol. The molecular formula is C47H45N5O7S. The van der Waals surface area contributed by atoms with Gasteiger partial charge in [-0.3, -0.25) is 34.5 Å². The lowest BCUT2D eigenvalue weighted by atomic mass is 10.0. The summed E-state index contributed by atoms with van der Waals surface area (Å²) in [6, 6.07) is 30.3. The second-order valence-electron chi connectivity index (χ2n) is 15.5. The number of fused-ring (bicyclic) bond motifs is 2. The highest BCUT2D eigenvalue weighted by Crippen LogP contribution is 2.47. The van der Waals surface area contributed by atoms with Crippen molar-refractivity contribution in [3.63, 3.8) is 0 Å². The van der Waals surface area contributed by atoms with Gasteiger partial charge in [0.15, 0.2) is 5.75 Å². The number of amides is 3. The number of aromatic hydroxyl groups is 1. The molecular weight excluding hydrogens is 779 g/mol. The molecule has 0 spiro atoms. The summed E-state index contributed by atoms with van der Waals surface area (Å²) >= 11 is 1.61. The van der Waals surface area contributed by atoms with Gasteiger partial charge in [-0.2, -0.15) is 0 Å². The summed E-state index contributed by atoms with van der Waals surface area (Å²) in [5, 5.41) is 13.4. The molecule has 4 aromatic carbocycles. The van der Waals surface area contributed by atoms with E-state index in [2.05, 4.69) is 46.3 Å². The number of rotatable bonds is 13.